The maximum absolute atomic E-state index is 11.8. The lowest BCUT2D eigenvalue weighted by molar-refractivity contribution is -0.569. The van der Waals surface area contributed by atoms with Crippen molar-refractivity contribution in [1.29, 1.82) is 0 Å². The van der Waals surface area contributed by atoms with Crippen molar-refractivity contribution in [1.82, 2.24) is 0 Å². The minimum absolute atomic E-state index is 0.00148. The van der Waals surface area contributed by atoms with Gasteiger partial charge in [-0.1, -0.05) is 13.8 Å². The molecular weight excluding hydrogens is 286 g/mol. The van der Waals surface area contributed by atoms with Crippen LogP contribution < -0.4 is 5.73 Å². The number of carbonyl (C=O) groups is 1. The van der Waals surface area contributed by atoms with E-state index in [0.717, 1.165) is 25.7 Å². The maximum atomic E-state index is 11.8. The topological polar surface area (TPSA) is 80.0 Å². The summed E-state index contributed by atoms with van der Waals surface area (Å²) in [5.41, 5.74) is 4.94. The summed E-state index contributed by atoms with van der Waals surface area (Å²) in [5, 5.41) is 0. The second-order valence-corrected chi connectivity index (χ2v) is 7.73. The molecule has 8 atom stereocenters. The van der Waals surface area contributed by atoms with Gasteiger partial charge < -0.3 is 15.2 Å². The van der Waals surface area contributed by atoms with Crippen LogP contribution in [0.2, 0.25) is 0 Å². The zero-order chi connectivity index (χ0) is 15.7. The molecule has 6 nitrogen and oxygen atoms in total. The van der Waals surface area contributed by atoms with E-state index < -0.39 is 29.7 Å². The van der Waals surface area contributed by atoms with Crippen LogP contribution in [-0.2, 0) is 24.0 Å². The molecule has 124 valence electrons. The molecule has 4 aliphatic heterocycles. The zero-order valence-electron chi connectivity index (χ0n) is 13.4. The number of primary amides is 1. The van der Waals surface area contributed by atoms with E-state index in [-0.39, 0.29) is 11.8 Å². The van der Waals surface area contributed by atoms with Crippen LogP contribution >= 0.6 is 0 Å². The van der Waals surface area contributed by atoms with Crippen LogP contribution in [0.25, 0.3) is 0 Å². The highest BCUT2D eigenvalue weighted by Gasteiger charge is 2.69. The number of ether oxygens (including phenoxy) is 2. The van der Waals surface area contributed by atoms with E-state index in [9.17, 15) is 4.79 Å². The quantitative estimate of drug-likeness (QED) is 0.746. The van der Waals surface area contributed by atoms with E-state index in [1.807, 2.05) is 13.8 Å². The molecule has 5 aliphatic rings. The third-order valence-electron chi connectivity index (χ3n) is 6.44. The lowest BCUT2D eigenvalue weighted by Crippen LogP contribution is -2.71. The largest absolute Gasteiger partial charge is 0.367 e. The summed E-state index contributed by atoms with van der Waals surface area (Å²) in [6.45, 7) is 6.17. The first kappa shape index (κ1) is 14.9. The summed E-state index contributed by atoms with van der Waals surface area (Å²) >= 11 is 0. The molecule has 22 heavy (non-hydrogen) atoms. The number of rotatable bonds is 1. The molecule has 0 aromatic carbocycles. The van der Waals surface area contributed by atoms with Gasteiger partial charge in [-0.25, -0.2) is 9.78 Å². The van der Waals surface area contributed by atoms with Crippen LogP contribution in [0.1, 0.15) is 46.5 Å². The predicted molar refractivity (Wildman–Crippen MR) is 76.0 cm³/mol. The number of nitrogens with two attached hydrogens (primary N) is 1. The Morgan fingerprint density at radius 2 is 1.91 bits per heavy atom. The third kappa shape index (κ3) is 1.78. The molecule has 0 aromatic heterocycles. The van der Waals surface area contributed by atoms with Gasteiger partial charge in [-0.15, -0.1) is 0 Å². The zero-order valence-corrected chi connectivity index (χ0v) is 13.4. The number of amides is 1. The van der Waals surface area contributed by atoms with Crippen LogP contribution in [0.5, 0.6) is 0 Å². The third-order valence-corrected chi connectivity index (χ3v) is 6.44. The molecule has 1 saturated carbocycles. The maximum Gasteiger partial charge on any atom is 0.246 e. The van der Waals surface area contributed by atoms with Crippen molar-refractivity contribution >= 4 is 5.91 Å². The molecule has 1 spiro atoms. The second-order valence-electron chi connectivity index (χ2n) is 7.73. The number of hydrogen-bond acceptors (Lipinski definition) is 5. The van der Waals surface area contributed by atoms with Gasteiger partial charge in [-0.3, -0.25) is 4.79 Å². The van der Waals surface area contributed by atoms with Gasteiger partial charge in [0.25, 0.3) is 0 Å². The fraction of sp³-hybridized carbons (Fsp3) is 0.938. The Labute approximate surface area is 130 Å². The Bertz CT molecular complexity index is 499. The van der Waals surface area contributed by atoms with Crippen molar-refractivity contribution in [2.24, 2.45) is 29.4 Å². The average molecular weight is 311 g/mol. The molecule has 0 radical (unpaired) electrons. The van der Waals surface area contributed by atoms with E-state index in [1.54, 1.807) is 0 Å². The summed E-state index contributed by atoms with van der Waals surface area (Å²) in [4.78, 5) is 23.5. The van der Waals surface area contributed by atoms with Crippen molar-refractivity contribution in [3.8, 4) is 0 Å². The summed E-state index contributed by atoms with van der Waals surface area (Å²) < 4.78 is 12.1. The van der Waals surface area contributed by atoms with Gasteiger partial charge in [0, 0.05) is 12.3 Å². The van der Waals surface area contributed by atoms with Crippen molar-refractivity contribution in [2.45, 2.75) is 70.2 Å². The normalized spacial score (nSPS) is 57.0. The predicted octanol–water partition coefficient (Wildman–Crippen LogP) is 1.72. The minimum Gasteiger partial charge on any atom is -0.367 e. The minimum atomic E-state index is -0.805. The molecule has 4 heterocycles. The van der Waals surface area contributed by atoms with Crippen molar-refractivity contribution in [3.05, 3.63) is 0 Å². The molecule has 2 N–H and O–H groups in total. The van der Waals surface area contributed by atoms with E-state index in [4.69, 9.17) is 25.0 Å². The molecule has 6 heteroatoms. The molecule has 4 saturated heterocycles. The fourth-order valence-corrected chi connectivity index (χ4v) is 5.23. The van der Waals surface area contributed by atoms with Crippen LogP contribution in [0.15, 0.2) is 0 Å². The molecule has 5 rings (SSSR count). The van der Waals surface area contributed by atoms with Crippen LogP contribution in [0.3, 0.4) is 0 Å². The van der Waals surface area contributed by atoms with Gasteiger partial charge >= 0.3 is 0 Å². The Kier molecular flexibility index (Phi) is 3.15. The smallest absolute Gasteiger partial charge is 0.246 e. The standard InChI is InChI=1S/C16H25NO5/c1-8-4-5-11-9(2)12(13(17)18)19-14-16(11)10(8)6-7-15(3,20-14)21-22-16/h8-12,14H,4-7H2,1-3H3,(H2,17,18)/t8-,9-,10+,11+,12-,14-,15-,16-/m1/s1. The Morgan fingerprint density at radius 1 is 1.14 bits per heavy atom. The van der Waals surface area contributed by atoms with Crippen molar-refractivity contribution in [3.63, 3.8) is 0 Å². The van der Waals surface area contributed by atoms with Crippen molar-refractivity contribution in [2.75, 3.05) is 0 Å². The van der Waals surface area contributed by atoms with Crippen LogP contribution in [0, 0.1) is 23.7 Å². The summed E-state index contributed by atoms with van der Waals surface area (Å²) in [6.07, 6.45) is 2.65. The lowest BCUT2D eigenvalue weighted by atomic mass is 9.57. The molecular formula is C16H25NO5. The van der Waals surface area contributed by atoms with E-state index in [1.165, 1.54) is 0 Å². The number of fused-ring (bicyclic) bond motifs is 2. The lowest BCUT2D eigenvalue weighted by Gasteiger charge is -2.60. The Morgan fingerprint density at radius 3 is 2.64 bits per heavy atom. The number of hydrogen-bond donors (Lipinski definition) is 1. The molecule has 1 amide bonds. The van der Waals surface area contributed by atoms with Gasteiger partial charge in [-0.05, 0) is 43.9 Å². The fourth-order valence-electron chi connectivity index (χ4n) is 5.23. The molecule has 0 aromatic rings. The summed E-state index contributed by atoms with van der Waals surface area (Å²) in [6, 6.07) is 0. The van der Waals surface area contributed by atoms with Gasteiger partial charge in [0.1, 0.15) is 6.10 Å². The Balaban J connectivity index is 1.80. The molecule has 0 unspecified atom stereocenters. The van der Waals surface area contributed by atoms with Crippen LogP contribution in [-0.4, -0.2) is 29.7 Å². The second kappa shape index (κ2) is 4.66. The first-order valence-electron chi connectivity index (χ1n) is 8.37. The van der Waals surface area contributed by atoms with Crippen molar-refractivity contribution < 1.29 is 24.0 Å². The SMILES string of the molecule is C[C@H]1[C@H](C(N)=O)O[C@@H]2O[C@@]3(C)CC[C@H]4[C@H](C)CC[C@@H]1[C@@]24OO3. The summed E-state index contributed by atoms with van der Waals surface area (Å²) in [5.74, 6) is -0.233. The summed E-state index contributed by atoms with van der Waals surface area (Å²) in [7, 11) is 0. The van der Waals surface area contributed by atoms with Gasteiger partial charge in [0.2, 0.25) is 11.7 Å². The molecule has 1 aliphatic carbocycles. The monoisotopic (exact) mass is 311 g/mol. The number of carbonyl (C=O) groups excluding carboxylic acids is 1. The first-order valence-corrected chi connectivity index (χ1v) is 8.37. The first-order chi connectivity index (χ1) is 10.4. The highest BCUT2D eigenvalue weighted by molar-refractivity contribution is 5.79. The van der Waals surface area contributed by atoms with Gasteiger partial charge in [0.05, 0.1) is 0 Å². The molecule has 2 bridgehead atoms. The van der Waals surface area contributed by atoms with E-state index >= 15 is 0 Å². The van der Waals surface area contributed by atoms with Gasteiger partial charge in [-0.2, -0.15) is 0 Å². The Hall–Kier alpha value is -0.690. The average Bonchev–Trinajstić information content (AvgIpc) is 2.69. The van der Waals surface area contributed by atoms with Crippen LogP contribution in [0.4, 0.5) is 0 Å². The molecule has 5 fully saturated rings. The highest BCUT2D eigenvalue weighted by atomic mass is 17.3. The van der Waals surface area contributed by atoms with E-state index in [0.29, 0.717) is 11.8 Å². The highest BCUT2D eigenvalue weighted by Crippen LogP contribution is 2.60. The van der Waals surface area contributed by atoms with E-state index in [2.05, 4.69) is 6.92 Å². The van der Waals surface area contributed by atoms with Gasteiger partial charge in [0.15, 0.2) is 11.9 Å².